The van der Waals surface area contributed by atoms with Gasteiger partial charge in [-0.15, -0.1) is 0 Å². The molecule has 3 aromatic carbocycles. The van der Waals surface area contributed by atoms with Gasteiger partial charge in [0, 0.05) is 10.7 Å². The zero-order chi connectivity index (χ0) is 21.1. The summed E-state index contributed by atoms with van der Waals surface area (Å²) in [6, 6.07) is 24.1. The van der Waals surface area contributed by atoms with Gasteiger partial charge in [0.05, 0.1) is 12.0 Å². The van der Waals surface area contributed by atoms with Crippen molar-refractivity contribution in [1.29, 1.82) is 5.26 Å². The molecule has 1 N–H and O–H groups in total. The maximum Gasteiger partial charge on any atom is 0.269 e. The van der Waals surface area contributed by atoms with Gasteiger partial charge >= 0.3 is 0 Å². The molecule has 3 unspecified atom stereocenters. The number of ether oxygens (including phenoxy) is 2. The normalized spacial score (nSPS) is 18.2. The molecule has 0 bridgehead atoms. The number of halogens is 1. The summed E-state index contributed by atoms with van der Waals surface area (Å²) in [5, 5.41) is 12.9. The van der Waals surface area contributed by atoms with Gasteiger partial charge in [-0.3, -0.25) is 4.79 Å². The molecule has 0 aliphatic carbocycles. The second-order valence-corrected chi connectivity index (χ2v) is 7.41. The third kappa shape index (κ3) is 3.96. The minimum atomic E-state index is -0.797. The maximum absolute atomic E-state index is 12.8. The lowest BCUT2D eigenvalue weighted by Crippen LogP contribution is -2.46. The zero-order valence-electron chi connectivity index (χ0n) is 16.2. The number of carbonyl (C=O) groups excluding carboxylic acids is 1. The van der Waals surface area contributed by atoms with Crippen molar-refractivity contribution < 1.29 is 14.3 Å². The highest BCUT2D eigenvalue weighted by molar-refractivity contribution is 6.31. The summed E-state index contributed by atoms with van der Waals surface area (Å²) in [6.07, 6.45) is -1.25. The molecule has 5 nitrogen and oxygen atoms in total. The number of nitrogens with one attached hydrogen (secondary N) is 1. The standard InChI is InChI=1S/C24H19ClN2O3/c1-15-23(30-22-10-6-5-9-21(22)29-15)24(28)27-17-11-12-18(20(25)13-17)19(14-26)16-7-3-2-4-8-16/h2-13,15,19,23H,1H3,(H,27,28). The molecule has 1 aliphatic rings. The zero-order valence-corrected chi connectivity index (χ0v) is 17.0. The van der Waals surface area contributed by atoms with Gasteiger partial charge in [-0.2, -0.15) is 5.26 Å². The topological polar surface area (TPSA) is 71.3 Å². The first-order valence-electron chi connectivity index (χ1n) is 9.54. The molecule has 150 valence electrons. The summed E-state index contributed by atoms with van der Waals surface area (Å²) in [6.45, 7) is 1.79. The number of nitriles is 1. The van der Waals surface area contributed by atoms with Crippen LogP contribution in [0.15, 0.2) is 72.8 Å². The van der Waals surface area contributed by atoms with E-state index in [0.717, 1.165) is 5.56 Å². The summed E-state index contributed by atoms with van der Waals surface area (Å²) in [5.74, 6) is 0.324. The molecule has 3 aromatic rings. The largest absolute Gasteiger partial charge is 0.482 e. The molecule has 4 rings (SSSR count). The smallest absolute Gasteiger partial charge is 0.269 e. The Labute approximate surface area is 179 Å². The Bertz CT molecular complexity index is 1110. The predicted molar refractivity (Wildman–Crippen MR) is 115 cm³/mol. The minimum absolute atomic E-state index is 0.333. The van der Waals surface area contributed by atoms with Gasteiger partial charge in [-0.05, 0) is 42.3 Å². The van der Waals surface area contributed by atoms with Crippen molar-refractivity contribution in [2.45, 2.75) is 25.0 Å². The van der Waals surface area contributed by atoms with E-state index in [4.69, 9.17) is 21.1 Å². The Morgan fingerprint density at radius 1 is 1.03 bits per heavy atom. The van der Waals surface area contributed by atoms with Crippen LogP contribution in [0.1, 0.15) is 24.0 Å². The van der Waals surface area contributed by atoms with Crippen molar-refractivity contribution >= 4 is 23.2 Å². The van der Waals surface area contributed by atoms with E-state index < -0.39 is 18.1 Å². The first-order chi connectivity index (χ1) is 14.6. The summed E-state index contributed by atoms with van der Waals surface area (Å²) in [7, 11) is 0. The predicted octanol–water partition coefficient (Wildman–Crippen LogP) is 5.16. The SMILES string of the molecule is CC1Oc2ccccc2OC1C(=O)Nc1ccc(C(C#N)c2ccccc2)c(Cl)c1. The van der Waals surface area contributed by atoms with Gasteiger partial charge < -0.3 is 14.8 Å². The van der Waals surface area contributed by atoms with Gasteiger partial charge in [0.1, 0.15) is 6.10 Å². The Balaban J connectivity index is 1.51. The second kappa shape index (κ2) is 8.48. The molecule has 0 saturated heterocycles. The van der Waals surface area contributed by atoms with Crippen molar-refractivity contribution in [2.75, 3.05) is 5.32 Å². The third-order valence-electron chi connectivity index (χ3n) is 4.94. The van der Waals surface area contributed by atoms with E-state index in [1.54, 1.807) is 37.3 Å². The average molecular weight is 419 g/mol. The molecular weight excluding hydrogens is 400 g/mol. The molecule has 0 radical (unpaired) electrons. The second-order valence-electron chi connectivity index (χ2n) is 7.01. The van der Waals surface area contributed by atoms with Crippen molar-refractivity contribution in [1.82, 2.24) is 0 Å². The number of rotatable bonds is 4. The van der Waals surface area contributed by atoms with Crippen LogP contribution in [-0.4, -0.2) is 18.1 Å². The molecule has 0 spiro atoms. The summed E-state index contributed by atoms with van der Waals surface area (Å²) < 4.78 is 11.6. The van der Waals surface area contributed by atoms with Crippen LogP contribution in [0.25, 0.3) is 0 Å². The minimum Gasteiger partial charge on any atom is -0.482 e. The van der Waals surface area contributed by atoms with E-state index in [2.05, 4.69) is 11.4 Å². The van der Waals surface area contributed by atoms with Gasteiger partial charge in [0.25, 0.3) is 5.91 Å². The number of anilines is 1. The number of hydrogen-bond donors (Lipinski definition) is 1. The third-order valence-corrected chi connectivity index (χ3v) is 5.27. The van der Waals surface area contributed by atoms with Crippen LogP contribution in [0.3, 0.4) is 0 Å². The molecule has 30 heavy (non-hydrogen) atoms. The van der Waals surface area contributed by atoms with Crippen LogP contribution in [0.2, 0.25) is 5.02 Å². The van der Waals surface area contributed by atoms with Crippen molar-refractivity contribution in [2.24, 2.45) is 0 Å². The Hall–Kier alpha value is -3.49. The van der Waals surface area contributed by atoms with E-state index in [1.165, 1.54) is 0 Å². The Morgan fingerprint density at radius 2 is 1.70 bits per heavy atom. The van der Waals surface area contributed by atoms with E-state index >= 15 is 0 Å². The number of amides is 1. The number of carbonyl (C=O) groups is 1. The van der Waals surface area contributed by atoms with E-state index in [0.29, 0.717) is 27.8 Å². The van der Waals surface area contributed by atoms with Crippen LogP contribution in [-0.2, 0) is 4.79 Å². The van der Waals surface area contributed by atoms with Gasteiger partial charge in [-0.25, -0.2) is 0 Å². The number of fused-ring (bicyclic) bond motifs is 1. The van der Waals surface area contributed by atoms with E-state index in [1.807, 2.05) is 42.5 Å². The van der Waals surface area contributed by atoms with Crippen LogP contribution in [0, 0.1) is 11.3 Å². The van der Waals surface area contributed by atoms with Crippen LogP contribution >= 0.6 is 11.6 Å². The highest BCUT2D eigenvalue weighted by atomic mass is 35.5. The van der Waals surface area contributed by atoms with Gasteiger partial charge in [0.15, 0.2) is 11.5 Å². The summed E-state index contributed by atoms with van der Waals surface area (Å²) >= 11 is 6.46. The fourth-order valence-electron chi connectivity index (χ4n) is 3.43. The Morgan fingerprint density at radius 3 is 2.37 bits per heavy atom. The van der Waals surface area contributed by atoms with Crippen molar-refractivity contribution in [3.05, 3.63) is 88.9 Å². The van der Waals surface area contributed by atoms with E-state index in [9.17, 15) is 10.1 Å². The van der Waals surface area contributed by atoms with Crippen LogP contribution in [0.4, 0.5) is 5.69 Å². The lowest BCUT2D eigenvalue weighted by molar-refractivity contribution is -0.128. The van der Waals surface area contributed by atoms with E-state index in [-0.39, 0.29) is 5.91 Å². The molecule has 1 amide bonds. The number of para-hydroxylation sites is 2. The molecular formula is C24H19ClN2O3. The lowest BCUT2D eigenvalue weighted by atomic mass is 9.92. The molecule has 6 heteroatoms. The van der Waals surface area contributed by atoms with Crippen molar-refractivity contribution in [3.8, 4) is 17.6 Å². The molecule has 0 aromatic heterocycles. The van der Waals surface area contributed by atoms with Gasteiger partial charge in [-0.1, -0.05) is 60.1 Å². The van der Waals surface area contributed by atoms with Crippen LogP contribution < -0.4 is 14.8 Å². The molecule has 0 fully saturated rings. The highest BCUT2D eigenvalue weighted by Crippen LogP contribution is 2.35. The fraction of sp³-hybridized carbons (Fsp3) is 0.167. The quantitative estimate of drug-likeness (QED) is 0.635. The van der Waals surface area contributed by atoms with Crippen molar-refractivity contribution in [3.63, 3.8) is 0 Å². The monoisotopic (exact) mass is 418 g/mol. The first-order valence-corrected chi connectivity index (χ1v) is 9.92. The maximum atomic E-state index is 12.8. The Kier molecular flexibility index (Phi) is 5.60. The molecule has 1 aliphatic heterocycles. The number of nitrogens with zero attached hydrogens (tertiary/aromatic N) is 1. The lowest BCUT2D eigenvalue weighted by Gasteiger charge is -2.31. The summed E-state index contributed by atoms with van der Waals surface area (Å²) in [4.78, 5) is 12.8. The fourth-order valence-corrected chi connectivity index (χ4v) is 3.72. The number of hydrogen-bond acceptors (Lipinski definition) is 4. The molecule has 0 saturated carbocycles. The first kappa shape index (κ1) is 19.8. The van der Waals surface area contributed by atoms with Gasteiger partial charge in [0.2, 0.25) is 6.10 Å². The molecule has 1 heterocycles. The number of benzene rings is 3. The highest BCUT2D eigenvalue weighted by Gasteiger charge is 2.34. The summed E-state index contributed by atoms with van der Waals surface area (Å²) in [5.41, 5.74) is 2.06. The molecule has 3 atom stereocenters. The average Bonchev–Trinajstić information content (AvgIpc) is 2.76. The van der Waals surface area contributed by atoms with Crippen LogP contribution in [0.5, 0.6) is 11.5 Å².